The van der Waals surface area contributed by atoms with E-state index in [1.165, 1.54) is 0 Å². The molecule has 0 fully saturated rings. The Kier molecular flexibility index (Phi) is 7.40. The minimum atomic E-state index is -0.580. The van der Waals surface area contributed by atoms with Gasteiger partial charge in [0.2, 0.25) is 0 Å². The second-order valence-corrected chi connectivity index (χ2v) is 7.33. The lowest BCUT2D eigenvalue weighted by Crippen LogP contribution is -2.39. The first kappa shape index (κ1) is 22.1. The molecule has 31 heavy (non-hydrogen) atoms. The Morgan fingerprint density at radius 1 is 0.903 bits per heavy atom. The molecular formula is C25H26N2O4. The quantitative estimate of drug-likeness (QED) is 0.526. The summed E-state index contributed by atoms with van der Waals surface area (Å²) in [6, 6.07) is 23.7. The van der Waals surface area contributed by atoms with Gasteiger partial charge in [-0.15, -0.1) is 0 Å². The summed E-state index contributed by atoms with van der Waals surface area (Å²) in [5, 5.41) is 12.4. The molecular weight excluding hydrogens is 392 g/mol. The number of hydrogen-bond acceptors (Lipinski definition) is 5. The number of hydrogen-bond donors (Lipinski definition) is 2. The Hall–Kier alpha value is -3.64. The summed E-state index contributed by atoms with van der Waals surface area (Å²) in [7, 11) is 0. The normalized spacial score (nSPS) is 10.6. The second kappa shape index (κ2) is 10.4. The third-order valence-corrected chi connectivity index (χ3v) is 4.69. The molecule has 0 saturated heterocycles. The van der Waals surface area contributed by atoms with Gasteiger partial charge in [0, 0.05) is 23.1 Å². The Bertz CT molecular complexity index is 1000. The molecule has 0 spiro atoms. The number of amides is 1. The molecule has 6 heteroatoms. The highest BCUT2D eigenvalue weighted by Gasteiger charge is 2.21. The highest BCUT2D eigenvalue weighted by Crippen LogP contribution is 2.23. The summed E-state index contributed by atoms with van der Waals surface area (Å²) in [5.74, 6) is -0.886. The van der Waals surface area contributed by atoms with E-state index in [1.807, 2.05) is 68.4 Å². The molecule has 0 aromatic heterocycles. The van der Waals surface area contributed by atoms with E-state index in [2.05, 4.69) is 5.32 Å². The van der Waals surface area contributed by atoms with E-state index < -0.39 is 5.97 Å². The van der Waals surface area contributed by atoms with E-state index in [0.717, 1.165) is 17.1 Å². The van der Waals surface area contributed by atoms with Crippen molar-refractivity contribution < 1.29 is 19.4 Å². The third kappa shape index (κ3) is 5.93. The van der Waals surface area contributed by atoms with Crippen molar-refractivity contribution in [3.63, 3.8) is 0 Å². The average Bonchev–Trinajstić information content (AvgIpc) is 2.79. The fourth-order valence-electron chi connectivity index (χ4n) is 3.15. The van der Waals surface area contributed by atoms with Gasteiger partial charge in [-0.25, -0.2) is 4.79 Å². The van der Waals surface area contributed by atoms with E-state index in [0.29, 0.717) is 11.1 Å². The Morgan fingerprint density at radius 2 is 1.52 bits per heavy atom. The Morgan fingerprint density at radius 3 is 2.10 bits per heavy atom. The molecule has 0 unspecified atom stereocenters. The van der Waals surface area contributed by atoms with Crippen molar-refractivity contribution in [3.8, 4) is 0 Å². The van der Waals surface area contributed by atoms with Crippen LogP contribution in [0.1, 0.15) is 29.8 Å². The molecule has 2 N–H and O–H groups in total. The van der Waals surface area contributed by atoms with Crippen LogP contribution in [-0.4, -0.2) is 29.6 Å². The van der Waals surface area contributed by atoms with Crippen LogP contribution in [0.3, 0.4) is 0 Å². The van der Waals surface area contributed by atoms with E-state index >= 15 is 0 Å². The van der Waals surface area contributed by atoms with Crippen molar-refractivity contribution in [1.29, 1.82) is 0 Å². The van der Waals surface area contributed by atoms with Crippen LogP contribution in [0.4, 0.5) is 17.1 Å². The van der Waals surface area contributed by atoms with Crippen molar-refractivity contribution in [1.82, 2.24) is 0 Å². The van der Waals surface area contributed by atoms with Gasteiger partial charge < -0.3 is 20.1 Å². The highest BCUT2D eigenvalue weighted by molar-refractivity contribution is 5.97. The van der Waals surface area contributed by atoms with E-state index in [1.54, 1.807) is 29.2 Å². The highest BCUT2D eigenvalue weighted by atomic mass is 16.5. The number of carbonyl (C=O) groups is 2. The molecule has 0 atom stereocenters. The SMILES string of the molecule is CC(C)N(C(=O)COC(=O)c1ccc(CO)cc1)c1ccc(Nc2ccccc2)cc1. The molecule has 3 rings (SSSR count). The number of ether oxygens (including phenoxy) is 1. The van der Waals surface area contributed by atoms with Crippen molar-refractivity contribution in [2.45, 2.75) is 26.5 Å². The molecule has 0 heterocycles. The van der Waals surface area contributed by atoms with Crippen molar-refractivity contribution in [2.24, 2.45) is 0 Å². The molecule has 1 amide bonds. The zero-order valence-corrected chi connectivity index (χ0v) is 17.6. The van der Waals surface area contributed by atoms with Crippen LogP contribution in [0, 0.1) is 0 Å². The van der Waals surface area contributed by atoms with Crippen molar-refractivity contribution in [2.75, 3.05) is 16.8 Å². The number of nitrogens with zero attached hydrogens (tertiary/aromatic N) is 1. The maximum atomic E-state index is 12.8. The van der Waals surface area contributed by atoms with Gasteiger partial charge in [-0.1, -0.05) is 30.3 Å². The predicted molar refractivity (Wildman–Crippen MR) is 121 cm³/mol. The van der Waals surface area contributed by atoms with Gasteiger partial charge in [0.15, 0.2) is 6.61 Å². The number of carbonyl (C=O) groups excluding carboxylic acids is 2. The zero-order chi connectivity index (χ0) is 22.2. The van der Waals surface area contributed by atoms with Crippen LogP contribution in [0.25, 0.3) is 0 Å². The van der Waals surface area contributed by atoms with Gasteiger partial charge in [-0.2, -0.15) is 0 Å². The summed E-state index contributed by atoms with van der Waals surface area (Å²) in [5.41, 5.74) is 3.64. The fraction of sp³-hybridized carbons (Fsp3) is 0.200. The number of anilines is 3. The molecule has 0 bridgehead atoms. The van der Waals surface area contributed by atoms with Gasteiger partial charge in [0.05, 0.1) is 12.2 Å². The summed E-state index contributed by atoms with van der Waals surface area (Å²) in [6.45, 7) is 3.35. The monoisotopic (exact) mass is 418 g/mol. The largest absolute Gasteiger partial charge is 0.452 e. The molecule has 0 saturated carbocycles. The van der Waals surface area contributed by atoms with Crippen LogP contribution < -0.4 is 10.2 Å². The number of esters is 1. The lowest BCUT2D eigenvalue weighted by molar-refractivity contribution is -0.122. The minimum absolute atomic E-state index is 0.100. The molecule has 0 aliphatic heterocycles. The number of benzene rings is 3. The number of aliphatic hydroxyl groups excluding tert-OH is 1. The summed E-state index contributed by atoms with van der Waals surface area (Å²) in [6.07, 6.45) is 0. The standard InChI is InChI=1S/C25H26N2O4/c1-18(2)27(23-14-12-22(13-15-23)26-21-6-4-3-5-7-21)24(29)17-31-25(30)20-10-8-19(16-28)9-11-20/h3-15,18,26,28H,16-17H2,1-2H3. The van der Waals surface area contributed by atoms with Gasteiger partial charge in [-0.05, 0) is 67.9 Å². The number of aliphatic hydroxyl groups is 1. The van der Waals surface area contributed by atoms with Crippen LogP contribution in [0.2, 0.25) is 0 Å². The van der Waals surface area contributed by atoms with Crippen molar-refractivity contribution >= 4 is 28.9 Å². The molecule has 0 aliphatic rings. The van der Waals surface area contributed by atoms with Crippen LogP contribution in [0.15, 0.2) is 78.9 Å². The van der Waals surface area contributed by atoms with Crippen LogP contribution in [0.5, 0.6) is 0 Å². The number of nitrogens with one attached hydrogen (secondary N) is 1. The first-order valence-corrected chi connectivity index (χ1v) is 10.1. The maximum Gasteiger partial charge on any atom is 0.338 e. The van der Waals surface area contributed by atoms with Gasteiger partial charge in [0.1, 0.15) is 0 Å². The molecule has 6 nitrogen and oxygen atoms in total. The smallest absolute Gasteiger partial charge is 0.338 e. The predicted octanol–water partition coefficient (Wildman–Crippen LogP) is 4.52. The fourth-order valence-corrected chi connectivity index (χ4v) is 3.15. The molecule has 0 radical (unpaired) electrons. The Balaban J connectivity index is 1.63. The van der Waals surface area contributed by atoms with Crippen molar-refractivity contribution in [3.05, 3.63) is 90.0 Å². The number of rotatable bonds is 8. The summed E-state index contributed by atoms with van der Waals surface area (Å²) < 4.78 is 5.21. The van der Waals surface area contributed by atoms with Crippen LogP contribution >= 0.6 is 0 Å². The van der Waals surface area contributed by atoms with E-state index in [9.17, 15) is 9.59 Å². The minimum Gasteiger partial charge on any atom is -0.452 e. The van der Waals surface area contributed by atoms with Gasteiger partial charge >= 0.3 is 5.97 Å². The first-order chi connectivity index (χ1) is 15.0. The molecule has 3 aromatic carbocycles. The van der Waals surface area contributed by atoms with Crippen LogP contribution in [-0.2, 0) is 16.1 Å². The summed E-state index contributed by atoms with van der Waals surface area (Å²) in [4.78, 5) is 26.6. The van der Waals surface area contributed by atoms with E-state index in [4.69, 9.17) is 9.84 Å². The maximum absolute atomic E-state index is 12.8. The molecule has 3 aromatic rings. The van der Waals surface area contributed by atoms with E-state index in [-0.39, 0.29) is 25.2 Å². The van der Waals surface area contributed by atoms with Gasteiger partial charge in [0.25, 0.3) is 5.91 Å². The average molecular weight is 418 g/mol. The topological polar surface area (TPSA) is 78.9 Å². The second-order valence-electron chi connectivity index (χ2n) is 7.33. The van der Waals surface area contributed by atoms with Gasteiger partial charge in [-0.3, -0.25) is 4.79 Å². The molecule has 160 valence electrons. The lowest BCUT2D eigenvalue weighted by Gasteiger charge is -2.27. The first-order valence-electron chi connectivity index (χ1n) is 10.1. The Labute approximate surface area is 182 Å². The third-order valence-electron chi connectivity index (χ3n) is 4.69. The number of para-hydroxylation sites is 1. The summed E-state index contributed by atoms with van der Waals surface area (Å²) >= 11 is 0. The molecule has 0 aliphatic carbocycles. The lowest BCUT2D eigenvalue weighted by atomic mass is 10.1. The zero-order valence-electron chi connectivity index (χ0n) is 17.6.